The number of nitrogens with zero attached hydrogens (tertiary/aromatic N) is 1. The first kappa shape index (κ1) is 18.3. The van der Waals surface area contributed by atoms with Gasteiger partial charge in [-0.15, -0.1) is 0 Å². The molecule has 0 spiro atoms. The maximum atomic E-state index is 12.6. The van der Waals surface area contributed by atoms with Crippen LogP contribution in [0, 0.1) is 5.92 Å². The van der Waals surface area contributed by atoms with E-state index >= 15 is 0 Å². The Morgan fingerprint density at radius 1 is 1.14 bits per heavy atom. The number of nitrogens with one attached hydrogen (secondary N) is 1. The number of halogens is 1. The van der Waals surface area contributed by atoms with Crippen molar-refractivity contribution in [2.24, 2.45) is 5.92 Å². The molecule has 7 heteroatoms. The molecule has 1 N–H and O–H groups in total. The van der Waals surface area contributed by atoms with Gasteiger partial charge in [0.15, 0.2) is 0 Å². The zero-order chi connectivity index (χ0) is 19.7. The molecule has 1 aromatic heterocycles. The summed E-state index contributed by atoms with van der Waals surface area (Å²) in [5.74, 6) is -0.716. The zero-order valence-electron chi connectivity index (χ0n) is 14.9. The minimum atomic E-state index is -0.431. The molecule has 6 nitrogen and oxygen atoms in total. The molecule has 3 aromatic rings. The van der Waals surface area contributed by atoms with Crippen LogP contribution in [-0.4, -0.2) is 23.3 Å². The Morgan fingerprint density at radius 3 is 2.79 bits per heavy atom. The molecule has 0 radical (unpaired) electrons. The number of anilines is 1. The fraction of sp³-hybridized carbons (Fsp3) is 0.190. The number of amides is 2. The molecule has 28 heavy (non-hydrogen) atoms. The highest BCUT2D eigenvalue weighted by Gasteiger charge is 2.34. The Kier molecular flexibility index (Phi) is 4.88. The van der Waals surface area contributed by atoms with E-state index < -0.39 is 11.5 Å². The van der Waals surface area contributed by atoms with Crippen LogP contribution >= 0.6 is 11.6 Å². The lowest BCUT2D eigenvalue weighted by Gasteiger charge is -2.17. The van der Waals surface area contributed by atoms with Crippen molar-refractivity contribution in [2.75, 3.05) is 11.9 Å². The number of rotatable bonds is 4. The lowest BCUT2D eigenvalue weighted by atomic mass is 10.1. The van der Waals surface area contributed by atoms with Gasteiger partial charge in [-0.2, -0.15) is 0 Å². The van der Waals surface area contributed by atoms with E-state index in [2.05, 4.69) is 5.32 Å². The Hall–Kier alpha value is -3.12. The number of carbonyl (C=O) groups is 2. The molecule has 0 aliphatic carbocycles. The minimum absolute atomic E-state index is 0.0691. The lowest BCUT2D eigenvalue weighted by Crippen LogP contribution is -2.28. The van der Waals surface area contributed by atoms with Crippen molar-refractivity contribution in [1.29, 1.82) is 0 Å². The maximum Gasteiger partial charge on any atom is 0.336 e. The third-order valence-corrected chi connectivity index (χ3v) is 5.16. The predicted octanol–water partition coefficient (Wildman–Crippen LogP) is 3.43. The van der Waals surface area contributed by atoms with Gasteiger partial charge in [0.2, 0.25) is 11.8 Å². The monoisotopic (exact) mass is 396 g/mol. The van der Waals surface area contributed by atoms with Crippen LogP contribution in [0.2, 0.25) is 5.02 Å². The van der Waals surface area contributed by atoms with Crippen molar-refractivity contribution >= 4 is 40.1 Å². The average molecular weight is 397 g/mol. The second kappa shape index (κ2) is 7.48. The Balaban J connectivity index is 1.44. The molecule has 142 valence electrons. The number of likely N-dealkylation sites (tertiary alicyclic amines) is 1. The van der Waals surface area contributed by atoms with Gasteiger partial charge in [0.05, 0.1) is 5.92 Å². The molecular weight excluding hydrogens is 380 g/mol. The zero-order valence-corrected chi connectivity index (χ0v) is 15.6. The fourth-order valence-electron chi connectivity index (χ4n) is 3.33. The smallest absolute Gasteiger partial charge is 0.336 e. The molecule has 1 atom stereocenters. The van der Waals surface area contributed by atoms with E-state index in [-0.39, 0.29) is 18.2 Å². The molecule has 1 aliphatic rings. The number of hydrogen-bond donors (Lipinski definition) is 1. The van der Waals surface area contributed by atoms with Gasteiger partial charge in [-0.1, -0.05) is 29.8 Å². The highest BCUT2D eigenvalue weighted by molar-refractivity contribution is 6.31. The molecule has 2 amide bonds. The minimum Gasteiger partial charge on any atom is -0.423 e. The average Bonchev–Trinajstić information content (AvgIpc) is 3.04. The van der Waals surface area contributed by atoms with Gasteiger partial charge in [-0.25, -0.2) is 4.79 Å². The van der Waals surface area contributed by atoms with Gasteiger partial charge in [0, 0.05) is 41.7 Å². The summed E-state index contributed by atoms with van der Waals surface area (Å²) in [7, 11) is 0. The molecule has 1 aliphatic heterocycles. The molecule has 4 rings (SSSR count). The van der Waals surface area contributed by atoms with Crippen LogP contribution in [0.4, 0.5) is 5.69 Å². The van der Waals surface area contributed by atoms with E-state index in [0.29, 0.717) is 34.8 Å². The van der Waals surface area contributed by atoms with Crippen molar-refractivity contribution in [3.05, 3.63) is 75.6 Å². The van der Waals surface area contributed by atoms with Gasteiger partial charge < -0.3 is 14.6 Å². The van der Waals surface area contributed by atoms with Crippen LogP contribution in [-0.2, 0) is 16.1 Å². The Labute approximate surface area is 165 Å². The number of fused-ring (bicyclic) bond motifs is 1. The largest absolute Gasteiger partial charge is 0.423 e. The summed E-state index contributed by atoms with van der Waals surface area (Å²) < 4.78 is 5.09. The molecule has 1 saturated heterocycles. The first-order valence-electron chi connectivity index (χ1n) is 8.85. The summed E-state index contributed by atoms with van der Waals surface area (Å²) in [5, 5.41) is 4.15. The summed E-state index contributed by atoms with van der Waals surface area (Å²) in [6, 6.07) is 15.4. The van der Waals surface area contributed by atoms with E-state index in [1.165, 1.54) is 6.07 Å². The Morgan fingerprint density at radius 2 is 1.96 bits per heavy atom. The van der Waals surface area contributed by atoms with Crippen molar-refractivity contribution < 1.29 is 14.0 Å². The SMILES string of the molecule is O=C(Nc1ccc2oc(=O)ccc2c1)C1CC(=O)N(Cc2ccccc2Cl)C1. The number of carbonyl (C=O) groups excluding carboxylic acids is 2. The molecular formula is C21H17ClN2O4. The first-order valence-corrected chi connectivity index (χ1v) is 9.23. The third-order valence-electron chi connectivity index (χ3n) is 4.79. The van der Waals surface area contributed by atoms with E-state index in [0.717, 1.165) is 5.56 Å². The van der Waals surface area contributed by atoms with Crippen molar-refractivity contribution in [2.45, 2.75) is 13.0 Å². The van der Waals surface area contributed by atoms with Gasteiger partial charge in [0.1, 0.15) is 5.58 Å². The molecule has 2 heterocycles. The van der Waals surface area contributed by atoms with E-state index in [1.807, 2.05) is 18.2 Å². The standard InChI is InChI=1S/C21H17ClN2O4/c22-17-4-2-1-3-14(17)11-24-12-15(10-19(24)25)21(27)23-16-6-7-18-13(9-16)5-8-20(26)28-18/h1-9,15H,10-12H2,(H,23,27). The summed E-state index contributed by atoms with van der Waals surface area (Å²) in [6.07, 6.45) is 0.165. The highest BCUT2D eigenvalue weighted by Crippen LogP contribution is 2.25. The Bertz CT molecular complexity index is 1120. The van der Waals surface area contributed by atoms with Crippen LogP contribution in [0.25, 0.3) is 11.0 Å². The topological polar surface area (TPSA) is 79.6 Å². The summed E-state index contributed by atoms with van der Waals surface area (Å²) in [4.78, 5) is 37.9. The normalized spacial score (nSPS) is 16.5. The third kappa shape index (κ3) is 3.77. The number of benzene rings is 2. The first-order chi connectivity index (χ1) is 13.5. The van der Waals surface area contributed by atoms with Crippen LogP contribution in [0.15, 0.2) is 63.8 Å². The van der Waals surface area contributed by atoms with Gasteiger partial charge in [-0.05, 0) is 35.9 Å². The van der Waals surface area contributed by atoms with Gasteiger partial charge in [0.25, 0.3) is 0 Å². The van der Waals surface area contributed by atoms with Gasteiger partial charge in [-0.3, -0.25) is 9.59 Å². The van der Waals surface area contributed by atoms with Crippen LogP contribution in [0.5, 0.6) is 0 Å². The quantitative estimate of drug-likeness (QED) is 0.685. The van der Waals surface area contributed by atoms with Crippen LogP contribution in [0.1, 0.15) is 12.0 Å². The van der Waals surface area contributed by atoms with Crippen molar-refractivity contribution in [3.63, 3.8) is 0 Å². The van der Waals surface area contributed by atoms with Crippen molar-refractivity contribution in [1.82, 2.24) is 4.90 Å². The van der Waals surface area contributed by atoms with E-state index in [1.54, 1.807) is 35.2 Å². The molecule has 1 unspecified atom stereocenters. The molecule has 1 fully saturated rings. The fourth-order valence-corrected chi connectivity index (χ4v) is 3.52. The van der Waals surface area contributed by atoms with Crippen molar-refractivity contribution in [3.8, 4) is 0 Å². The predicted molar refractivity (Wildman–Crippen MR) is 106 cm³/mol. The summed E-state index contributed by atoms with van der Waals surface area (Å²) in [6.45, 7) is 0.732. The van der Waals surface area contributed by atoms with E-state index in [4.69, 9.17) is 16.0 Å². The second-order valence-corrected chi connectivity index (χ2v) is 7.17. The van der Waals surface area contributed by atoms with Gasteiger partial charge >= 0.3 is 5.63 Å². The highest BCUT2D eigenvalue weighted by atomic mass is 35.5. The molecule has 2 aromatic carbocycles. The molecule has 0 saturated carbocycles. The summed E-state index contributed by atoms with van der Waals surface area (Å²) in [5.41, 5.74) is 1.47. The summed E-state index contributed by atoms with van der Waals surface area (Å²) >= 11 is 6.17. The lowest BCUT2D eigenvalue weighted by molar-refractivity contribution is -0.128. The second-order valence-electron chi connectivity index (χ2n) is 6.76. The maximum absolute atomic E-state index is 12.6. The van der Waals surface area contributed by atoms with E-state index in [9.17, 15) is 14.4 Å². The van der Waals surface area contributed by atoms with Crippen LogP contribution in [0.3, 0.4) is 0 Å². The molecule has 0 bridgehead atoms. The number of hydrogen-bond acceptors (Lipinski definition) is 4. The van der Waals surface area contributed by atoms with Crippen LogP contribution < -0.4 is 10.9 Å².